The van der Waals surface area contributed by atoms with Gasteiger partial charge in [0.25, 0.3) is 5.91 Å². The molecule has 4 rings (SSSR count). The van der Waals surface area contributed by atoms with E-state index in [1.807, 2.05) is 36.4 Å². The van der Waals surface area contributed by atoms with Gasteiger partial charge in [0.2, 0.25) is 0 Å². The van der Waals surface area contributed by atoms with E-state index in [2.05, 4.69) is 10.2 Å². The van der Waals surface area contributed by atoms with Crippen LogP contribution in [0.25, 0.3) is 0 Å². The minimum absolute atomic E-state index is 0.0607. The van der Waals surface area contributed by atoms with E-state index in [-0.39, 0.29) is 11.9 Å². The van der Waals surface area contributed by atoms with Crippen LogP contribution in [0.15, 0.2) is 47.1 Å². The third kappa shape index (κ3) is 4.28. The van der Waals surface area contributed by atoms with Crippen LogP contribution in [0.1, 0.15) is 47.8 Å². The van der Waals surface area contributed by atoms with Gasteiger partial charge in [-0.1, -0.05) is 0 Å². The summed E-state index contributed by atoms with van der Waals surface area (Å²) in [6, 6.07) is 11.4. The van der Waals surface area contributed by atoms with E-state index in [1.54, 1.807) is 6.26 Å². The lowest BCUT2D eigenvalue weighted by atomic mass is 10.1. The number of rotatable bonds is 8. The first-order valence-electron chi connectivity index (χ1n) is 9.58. The zero-order valence-electron chi connectivity index (χ0n) is 15.0. The van der Waals surface area contributed by atoms with Gasteiger partial charge in [0.15, 0.2) is 0 Å². The maximum absolute atomic E-state index is 12.5. The van der Waals surface area contributed by atoms with Crippen LogP contribution in [-0.2, 0) is 0 Å². The Morgan fingerprint density at radius 3 is 2.62 bits per heavy atom. The Labute approximate surface area is 154 Å². The highest BCUT2D eigenvalue weighted by atomic mass is 16.5. The van der Waals surface area contributed by atoms with Crippen LogP contribution in [0, 0.1) is 5.92 Å². The lowest BCUT2D eigenvalue weighted by Crippen LogP contribution is -2.36. The molecule has 2 aromatic rings. The largest absolute Gasteiger partial charge is 0.493 e. The van der Waals surface area contributed by atoms with Gasteiger partial charge in [-0.3, -0.25) is 9.69 Å². The maximum atomic E-state index is 12.5. The molecule has 1 aromatic carbocycles. The molecule has 1 saturated carbocycles. The SMILES string of the molecule is O=C(NCC(c1ccco1)N1CCCC1)c1ccc(OCC2CC2)cc1. The summed E-state index contributed by atoms with van der Waals surface area (Å²) in [5.74, 6) is 2.41. The van der Waals surface area contributed by atoms with Crippen molar-refractivity contribution in [2.45, 2.75) is 31.7 Å². The Hall–Kier alpha value is -2.27. The number of carbonyl (C=O) groups excluding carboxylic acids is 1. The molecule has 138 valence electrons. The van der Waals surface area contributed by atoms with Crippen molar-refractivity contribution in [3.8, 4) is 5.75 Å². The van der Waals surface area contributed by atoms with E-state index in [1.165, 1.54) is 25.7 Å². The molecule has 1 saturated heterocycles. The number of hydrogen-bond acceptors (Lipinski definition) is 4. The molecule has 1 aliphatic heterocycles. The Balaban J connectivity index is 1.33. The first-order valence-corrected chi connectivity index (χ1v) is 9.58. The number of ether oxygens (including phenoxy) is 1. The van der Waals surface area contributed by atoms with Crippen molar-refractivity contribution in [1.82, 2.24) is 10.2 Å². The number of amides is 1. The second kappa shape index (κ2) is 7.96. The molecular formula is C21H26N2O3. The van der Waals surface area contributed by atoms with Gasteiger partial charge in [0, 0.05) is 12.1 Å². The number of nitrogens with zero attached hydrogens (tertiary/aromatic N) is 1. The average Bonchev–Trinajstić information content (AvgIpc) is 3.12. The predicted molar refractivity (Wildman–Crippen MR) is 99.3 cm³/mol. The molecule has 26 heavy (non-hydrogen) atoms. The van der Waals surface area contributed by atoms with Gasteiger partial charge in [-0.05, 0) is 81.1 Å². The molecule has 2 aliphatic rings. The van der Waals surface area contributed by atoms with Gasteiger partial charge in [-0.25, -0.2) is 0 Å². The van der Waals surface area contributed by atoms with Gasteiger partial charge >= 0.3 is 0 Å². The molecule has 0 radical (unpaired) electrons. The molecule has 0 bridgehead atoms. The Morgan fingerprint density at radius 1 is 1.19 bits per heavy atom. The summed E-state index contributed by atoms with van der Waals surface area (Å²) in [6.45, 7) is 3.43. The summed E-state index contributed by atoms with van der Waals surface area (Å²) >= 11 is 0. The first-order chi connectivity index (χ1) is 12.8. The quantitative estimate of drug-likeness (QED) is 0.786. The molecule has 5 nitrogen and oxygen atoms in total. The fraction of sp³-hybridized carbons (Fsp3) is 0.476. The smallest absolute Gasteiger partial charge is 0.251 e. The van der Waals surface area contributed by atoms with E-state index < -0.39 is 0 Å². The highest BCUT2D eigenvalue weighted by molar-refractivity contribution is 5.94. The molecular weight excluding hydrogens is 328 g/mol. The minimum Gasteiger partial charge on any atom is -0.493 e. The van der Waals surface area contributed by atoms with Crippen LogP contribution in [0.2, 0.25) is 0 Å². The monoisotopic (exact) mass is 354 g/mol. The van der Waals surface area contributed by atoms with Crippen LogP contribution in [-0.4, -0.2) is 37.0 Å². The van der Waals surface area contributed by atoms with Crippen LogP contribution >= 0.6 is 0 Å². The van der Waals surface area contributed by atoms with Crippen molar-refractivity contribution in [3.63, 3.8) is 0 Å². The Bertz CT molecular complexity index is 701. The molecule has 1 unspecified atom stereocenters. The molecule has 2 heterocycles. The molecule has 1 atom stereocenters. The third-order valence-electron chi connectivity index (χ3n) is 5.21. The number of nitrogens with one attached hydrogen (secondary N) is 1. The highest BCUT2D eigenvalue weighted by Gasteiger charge is 2.26. The van der Waals surface area contributed by atoms with Crippen LogP contribution in [0.5, 0.6) is 5.75 Å². The van der Waals surface area contributed by atoms with E-state index >= 15 is 0 Å². The fourth-order valence-electron chi connectivity index (χ4n) is 3.44. The zero-order chi connectivity index (χ0) is 17.8. The minimum atomic E-state index is -0.0607. The lowest BCUT2D eigenvalue weighted by molar-refractivity contribution is 0.0933. The van der Waals surface area contributed by atoms with E-state index in [4.69, 9.17) is 9.15 Å². The van der Waals surface area contributed by atoms with Crippen molar-refractivity contribution in [1.29, 1.82) is 0 Å². The molecule has 0 spiro atoms. The molecule has 1 amide bonds. The van der Waals surface area contributed by atoms with Crippen LogP contribution in [0.3, 0.4) is 0 Å². The second-order valence-electron chi connectivity index (χ2n) is 7.26. The maximum Gasteiger partial charge on any atom is 0.251 e. The van der Waals surface area contributed by atoms with Gasteiger partial charge in [0.05, 0.1) is 18.9 Å². The van der Waals surface area contributed by atoms with E-state index in [9.17, 15) is 4.79 Å². The number of hydrogen-bond donors (Lipinski definition) is 1. The summed E-state index contributed by atoms with van der Waals surface area (Å²) in [5.41, 5.74) is 0.656. The van der Waals surface area contributed by atoms with E-state index in [0.717, 1.165) is 37.1 Å². The number of carbonyl (C=O) groups is 1. The normalized spacial score (nSPS) is 18.6. The van der Waals surface area contributed by atoms with Gasteiger partial charge in [0.1, 0.15) is 11.5 Å². The summed E-state index contributed by atoms with van der Waals surface area (Å²) in [7, 11) is 0. The highest BCUT2D eigenvalue weighted by Crippen LogP contribution is 2.29. The summed E-state index contributed by atoms with van der Waals surface area (Å²) in [4.78, 5) is 14.9. The molecule has 5 heteroatoms. The van der Waals surface area contributed by atoms with Crippen molar-refractivity contribution < 1.29 is 13.9 Å². The zero-order valence-corrected chi connectivity index (χ0v) is 15.0. The fourth-order valence-corrected chi connectivity index (χ4v) is 3.44. The van der Waals surface area contributed by atoms with Crippen molar-refractivity contribution in [2.24, 2.45) is 5.92 Å². The molecule has 1 N–H and O–H groups in total. The summed E-state index contributed by atoms with van der Waals surface area (Å²) in [5, 5.41) is 3.06. The number of furan rings is 1. The third-order valence-corrected chi connectivity index (χ3v) is 5.21. The Morgan fingerprint density at radius 2 is 1.96 bits per heavy atom. The standard InChI is InChI=1S/C21H26N2O3/c24-21(17-7-9-18(10-8-17)26-15-16-5-6-16)22-14-19(20-4-3-13-25-20)23-11-1-2-12-23/h3-4,7-10,13,16,19H,1-2,5-6,11-12,14-15H2,(H,22,24). The predicted octanol–water partition coefficient (Wildman–Crippen LogP) is 3.64. The first kappa shape index (κ1) is 17.2. The van der Waals surface area contributed by atoms with E-state index in [0.29, 0.717) is 12.1 Å². The molecule has 1 aliphatic carbocycles. The van der Waals surface area contributed by atoms with Crippen molar-refractivity contribution >= 4 is 5.91 Å². The van der Waals surface area contributed by atoms with Crippen LogP contribution < -0.4 is 10.1 Å². The van der Waals surface area contributed by atoms with Gasteiger partial charge in [-0.15, -0.1) is 0 Å². The summed E-state index contributed by atoms with van der Waals surface area (Å²) < 4.78 is 11.3. The van der Waals surface area contributed by atoms with Crippen molar-refractivity contribution in [2.75, 3.05) is 26.2 Å². The van der Waals surface area contributed by atoms with Crippen molar-refractivity contribution in [3.05, 3.63) is 54.0 Å². The topological polar surface area (TPSA) is 54.7 Å². The molecule has 2 fully saturated rings. The van der Waals surface area contributed by atoms with Gasteiger partial charge in [-0.2, -0.15) is 0 Å². The number of likely N-dealkylation sites (tertiary alicyclic amines) is 1. The van der Waals surface area contributed by atoms with Gasteiger partial charge < -0.3 is 14.5 Å². The van der Waals surface area contributed by atoms with Crippen LogP contribution in [0.4, 0.5) is 0 Å². The molecule has 1 aromatic heterocycles. The lowest BCUT2D eigenvalue weighted by Gasteiger charge is -2.26. The summed E-state index contributed by atoms with van der Waals surface area (Å²) in [6.07, 6.45) is 6.64. The Kier molecular flexibility index (Phi) is 5.25. The number of benzene rings is 1. The average molecular weight is 354 g/mol. The second-order valence-corrected chi connectivity index (χ2v) is 7.26.